The van der Waals surface area contributed by atoms with Gasteiger partial charge in [-0.05, 0) is 26.5 Å². The summed E-state index contributed by atoms with van der Waals surface area (Å²) in [6, 6.07) is 0.362. The van der Waals surface area contributed by atoms with E-state index in [1.807, 2.05) is 13.0 Å². The summed E-state index contributed by atoms with van der Waals surface area (Å²) in [5.74, 6) is 0.849. The molecule has 1 amide bonds. The Morgan fingerprint density at radius 1 is 1.63 bits per heavy atom. The summed E-state index contributed by atoms with van der Waals surface area (Å²) in [7, 11) is 0. The maximum atomic E-state index is 11.2. The summed E-state index contributed by atoms with van der Waals surface area (Å²) in [6.07, 6.45) is 6.40. The molecule has 104 valence electrons. The van der Waals surface area contributed by atoms with E-state index >= 15 is 0 Å². The van der Waals surface area contributed by atoms with Crippen molar-refractivity contribution in [1.82, 2.24) is 10.2 Å². The molecule has 2 fully saturated rings. The van der Waals surface area contributed by atoms with Crippen LogP contribution >= 0.6 is 0 Å². The first kappa shape index (κ1) is 13.9. The van der Waals surface area contributed by atoms with Gasteiger partial charge in [0.25, 0.3) is 0 Å². The molecule has 0 bridgehead atoms. The lowest BCUT2D eigenvalue weighted by molar-refractivity contribution is -0.121. The van der Waals surface area contributed by atoms with E-state index in [1.54, 1.807) is 0 Å². The molecule has 2 heterocycles. The van der Waals surface area contributed by atoms with Gasteiger partial charge in [0.1, 0.15) is 5.84 Å². The second kappa shape index (κ2) is 6.10. The second-order valence-corrected chi connectivity index (χ2v) is 5.28. The van der Waals surface area contributed by atoms with Crippen LogP contribution in [0.4, 0.5) is 0 Å². The zero-order valence-electron chi connectivity index (χ0n) is 11.4. The average molecular weight is 262 g/mol. The number of allylic oxidation sites excluding steroid dienone is 1. The smallest absolute Gasteiger partial charge is 0.225 e. The van der Waals surface area contributed by atoms with Crippen LogP contribution in [-0.4, -0.2) is 48.5 Å². The molecule has 19 heavy (non-hydrogen) atoms. The fourth-order valence-corrected chi connectivity index (χ4v) is 2.81. The van der Waals surface area contributed by atoms with Crippen molar-refractivity contribution in [3.8, 4) is 0 Å². The predicted octanol–water partition coefficient (Wildman–Crippen LogP) is 1.21. The first-order valence-electron chi connectivity index (χ1n) is 6.85. The fraction of sp³-hybridized carbons (Fsp3) is 0.643. The summed E-state index contributed by atoms with van der Waals surface area (Å²) in [4.78, 5) is 17.7. The van der Waals surface area contributed by atoms with Gasteiger partial charge >= 0.3 is 0 Å². The molecule has 0 aromatic heterocycles. The Labute approximate surface area is 114 Å². The number of rotatable bonds is 5. The van der Waals surface area contributed by atoms with Crippen LogP contribution in [-0.2, 0) is 4.79 Å². The highest BCUT2D eigenvalue weighted by atomic mass is 16.1. The van der Waals surface area contributed by atoms with Gasteiger partial charge in [0, 0.05) is 25.4 Å². The van der Waals surface area contributed by atoms with Crippen LogP contribution in [0.25, 0.3) is 0 Å². The molecule has 0 aromatic rings. The zero-order chi connectivity index (χ0) is 13.8. The fourth-order valence-electron chi connectivity index (χ4n) is 2.81. The Morgan fingerprint density at radius 2 is 2.37 bits per heavy atom. The van der Waals surface area contributed by atoms with E-state index < -0.39 is 0 Å². The van der Waals surface area contributed by atoms with Crippen LogP contribution in [0.5, 0.6) is 0 Å². The number of amides is 1. The summed E-state index contributed by atoms with van der Waals surface area (Å²) in [5, 5.41) is 10.5. The van der Waals surface area contributed by atoms with Gasteiger partial charge in [-0.15, -0.1) is 0 Å². The second-order valence-electron chi connectivity index (χ2n) is 5.28. The molecule has 0 radical (unpaired) electrons. The van der Waals surface area contributed by atoms with Gasteiger partial charge in [-0.2, -0.15) is 0 Å². The lowest BCUT2D eigenvalue weighted by atomic mass is 9.87. The van der Waals surface area contributed by atoms with Crippen molar-refractivity contribution < 1.29 is 4.79 Å². The van der Waals surface area contributed by atoms with Crippen LogP contribution in [0.3, 0.4) is 0 Å². The van der Waals surface area contributed by atoms with E-state index in [9.17, 15) is 4.79 Å². The third kappa shape index (κ3) is 3.10. The van der Waals surface area contributed by atoms with Crippen LogP contribution in [0, 0.1) is 11.3 Å². The molecule has 2 saturated heterocycles. The Morgan fingerprint density at radius 3 is 2.95 bits per heavy atom. The minimum absolute atomic E-state index is 0.0305. The Hall–Kier alpha value is -1.49. The van der Waals surface area contributed by atoms with E-state index in [4.69, 9.17) is 5.41 Å². The molecule has 2 atom stereocenters. The van der Waals surface area contributed by atoms with Crippen molar-refractivity contribution in [3.63, 3.8) is 0 Å². The van der Waals surface area contributed by atoms with Gasteiger partial charge in [-0.25, -0.2) is 0 Å². The number of likely N-dealkylation sites (tertiary alicyclic amines) is 1. The van der Waals surface area contributed by atoms with E-state index in [1.165, 1.54) is 0 Å². The van der Waals surface area contributed by atoms with E-state index in [-0.39, 0.29) is 18.0 Å². The lowest BCUT2D eigenvalue weighted by Crippen LogP contribution is -2.61. The summed E-state index contributed by atoms with van der Waals surface area (Å²) in [5.41, 5.74) is 0. The topological polar surface area (TPSA) is 68.6 Å². The molecule has 1 unspecified atom stereocenters. The minimum Gasteiger partial charge on any atom is -0.313 e. The highest BCUT2D eigenvalue weighted by molar-refractivity contribution is 6.01. The SMILES string of the molecule is C=N[C@H](C/C=C\C)C1CN(C2CCC(=O)NC2=N)C1. The minimum atomic E-state index is -0.0305. The molecule has 0 aliphatic carbocycles. The van der Waals surface area contributed by atoms with Crippen molar-refractivity contribution in [2.24, 2.45) is 10.9 Å². The Balaban J connectivity index is 1.83. The number of carbonyl (C=O) groups is 1. The molecule has 0 spiro atoms. The van der Waals surface area contributed by atoms with Crippen LogP contribution in [0.15, 0.2) is 17.1 Å². The van der Waals surface area contributed by atoms with Gasteiger partial charge < -0.3 is 5.32 Å². The summed E-state index contributed by atoms with van der Waals surface area (Å²) in [6.45, 7) is 7.59. The van der Waals surface area contributed by atoms with Crippen molar-refractivity contribution in [1.29, 1.82) is 5.41 Å². The van der Waals surface area contributed by atoms with Gasteiger partial charge in [0.05, 0.1) is 12.1 Å². The Kier molecular flexibility index (Phi) is 4.47. The number of hydrogen-bond donors (Lipinski definition) is 2. The molecule has 2 N–H and O–H groups in total. The number of amidine groups is 1. The highest BCUT2D eigenvalue weighted by Crippen LogP contribution is 2.28. The number of nitrogens with zero attached hydrogens (tertiary/aromatic N) is 2. The number of carbonyl (C=O) groups excluding carboxylic acids is 1. The lowest BCUT2D eigenvalue weighted by Gasteiger charge is -2.47. The number of aliphatic imine (C=N–C) groups is 1. The summed E-state index contributed by atoms with van der Waals surface area (Å²) >= 11 is 0. The Bertz CT molecular complexity index is 398. The summed E-state index contributed by atoms with van der Waals surface area (Å²) < 4.78 is 0. The normalized spacial score (nSPS) is 27.1. The van der Waals surface area contributed by atoms with Crippen molar-refractivity contribution in [3.05, 3.63) is 12.2 Å². The molecular formula is C14H22N4O. The number of nitrogens with one attached hydrogen (secondary N) is 2. The van der Waals surface area contributed by atoms with E-state index in [0.717, 1.165) is 25.9 Å². The van der Waals surface area contributed by atoms with Gasteiger partial charge in [-0.1, -0.05) is 12.2 Å². The molecule has 2 aliphatic rings. The molecule has 5 nitrogen and oxygen atoms in total. The van der Waals surface area contributed by atoms with E-state index in [0.29, 0.717) is 18.2 Å². The third-order valence-corrected chi connectivity index (χ3v) is 4.02. The van der Waals surface area contributed by atoms with Gasteiger partial charge in [0.15, 0.2) is 0 Å². The first-order chi connectivity index (χ1) is 9.15. The monoisotopic (exact) mass is 262 g/mol. The molecular weight excluding hydrogens is 240 g/mol. The van der Waals surface area contributed by atoms with Crippen molar-refractivity contribution in [2.75, 3.05) is 13.1 Å². The van der Waals surface area contributed by atoms with Crippen molar-refractivity contribution >= 4 is 18.5 Å². The zero-order valence-corrected chi connectivity index (χ0v) is 11.4. The van der Waals surface area contributed by atoms with Gasteiger partial charge in [-0.3, -0.25) is 20.1 Å². The van der Waals surface area contributed by atoms with Crippen LogP contribution < -0.4 is 5.32 Å². The maximum Gasteiger partial charge on any atom is 0.225 e. The number of hydrogen-bond acceptors (Lipinski definition) is 4. The molecule has 2 aliphatic heterocycles. The number of piperidine rings is 1. The molecule has 0 saturated carbocycles. The third-order valence-electron chi connectivity index (χ3n) is 4.02. The highest BCUT2D eigenvalue weighted by Gasteiger charge is 2.39. The van der Waals surface area contributed by atoms with Gasteiger partial charge in [0.2, 0.25) is 5.91 Å². The quantitative estimate of drug-likeness (QED) is 0.577. The largest absolute Gasteiger partial charge is 0.313 e. The molecule has 0 aromatic carbocycles. The van der Waals surface area contributed by atoms with E-state index in [2.05, 4.69) is 28.0 Å². The molecule has 5 heteroatoms. The average Bonchev–Trinajstić information content (AvgIpc) is 2.33. The van der Waals surface area contributed by atoms with Crippen molar-refractivity contribution in [2.45, 2.75) is 38.3 Å². The molecule has 2 rings (SSSR count). The van der Waals surface area contributed by atoms with Crippen LogP contribution in [0.1, 0.15) is 26.2 Å². The standard InChI is InChI=1S/C14H22N4O/c1-3-4-5-11(16-2)10-8-18(9-10)12-6-7-13(19)17-14(12)15/h3-4,10-12H,2,5-9H2,1H3,(H2,15,17,19)/b4-3-/t11-,12?/m1/s1. The van der Waals surface area contributed by atoms with Crippen LogP contribution in [0.2, 0.25) is 0 Å². The predicted molar refractivity (Wildman–Crippen MR) is 76.7 cm³/mol. The first-order valence-corrected chi connectivity index (χ1v) is 6.85. The maximum absolute atomic E-state index is 11.2.